The quantitative estimate of drug-likeness (QED) is 0.356. The summed E-state index contributed by atoms with van der Waals surface area (Å²) in [5.74, 6) is -1.05. The molecule has 33 heavy (non-hydrogen) atoms. The van der Waals surface area contributed by atoms with Crippen LogP contribution in [0.4, 0.5) is 10.5 Å². The van der Waals surface area contributed by atoms with E-state index in [0.717, 1.165) is 10.5 Å². The first kappa shape index (κ1) is 23.3. The van der Waals surface area contributed by atoms with Crippen LogP contribution in [0, 0.1) is 6.92 Å². The van der Waals surface area contributed by atoms with Crippen LogP contribution in [0.3, 0.4) is 0 Å². The van der Waals surface area contributed by atoms with Gasteiger partial charge in [-0.3, -0.25) is 14.4 Å². The van der Waals surface area contributed by atoms with Crippen molar-refractivity contribution in [2.24, 2.45) is 0 Å². The molecule has 1 saturated heterocycles. The Labute approximate surface area is 190 Å². The second-order valence-corrected chi connectivity index (χ2v) is 7.07. The molecule has 0 spiro atoms. The van der Waals surface area contributed by atoms with Gasteiger partial charge in [0.25, 0.3) is 11.8 Å². The summed E-state index contributed by atoms with van der Waals surface area (Å²) >= 11 is 0. The van der Waals surface area contributed by atoms with Crippen LogP contribution < -0.4 is 20.1 Å². The number of esters is 1. The summed E-state index contributed by atoms with van der Waals surface area (Å²) in [7, 11) is 2.60. The smallest absolute Gasteiger partial charge is 0.329 e. The van der Waals surface area contributed by atoms with Gasteiger partial charge in [0.15, 0.2) is 18.1 Å². The molecule has 0 bridgehead atoms. The maximum absolute atomic E-state index is 12.4. The van der Waals surface area contributed by atoms with Gasteiger partial charge in [0.1, 0.15) is 12.2 Å². The van der Waals surface area contributed by atoms with E-state index in [2.05, 4.69) is 15.4 Å². The minimum Gasteiger partial charge on any atom is -0.493 e. The molecule has 0 saturated carbocycles. The summed E-state index contributed by atoms with van der Waals surface area (Å²) in [4.78, 5) is 48.7. The number of carbonyl (C=O) groups is 4. The van der Waals surface area contributed by atoms with Crippen molar-refractivity contribution in [2.75, 3.05) is 32.7 Å². The van der Waals surface area contributed by atoms with E-state index in [1.54, 1.807) is 30.3 Å². The van der Waals surface area contributed by atoms with E-state index in [4.69, 9.17) is 9.47 Å². The first-order chi connectivity index (χ1) is 15.8. The molecule has 4 amide bonds. The fourth-order valence-electron chi connectivity index (χ4n) is 2.95. The number of benzene rings is 2. The van der Waals surface area contributed by atoms with Gasteiger partial charge in [0.2, 0.25) is 0 Å². The number of hydrogen-bond donors (Lipinski definition) is 2. The molecular formula is C23H23N3O7. The van der Waals surface area contributed by atoms with Gasteiger partial charge in [0.05, 0.1) is 14.2 Å². The van der Waals surface area contributed by atoms with Crippen molar-refractivity contribution in [1.29, 1.82) is 0 Å². The van der Waals surface area contributed by atoms with Crippen LogP contribution in [-0.2, 0) is 19.1 Å². The molecule has 0 aliphatic carbocycles. The maximum Gasteiger partial charge on any atom is 0.329 e. The lowest BCUT2D eigenvalue weighted by Crippen LogP contribution is -2.36. The monoisotopic (exact) mass is 453 g/mol. The molecule has 1 aliphatic heterocycles. The molecule has 1 heterocycles. The zero-order valence-corrected chi connectivity index (χ0v) is 18.3. The topological polar surface area (TPSA) is 123 Å². The van der Waals surface area contributed by atoms with E-state index < -0.39 is 24.5 Å². The fourth-order valence-corrected chi connectivity index (χ4v) is 2.95. The number of aryl methyl sites for hydroxylation is 1. The molecule has 1 aliphatic rings. The van der Waals surface area contributed by atoms with Crippen molar-refractivity contribution in [1.82, 2.24) is 10.2 Å². The molecule has 0 aromatic heterocycles. The molecule has 10 nitrogen and oxygen atoms in total. The molecule has 3 rings (SSSR count). The van der Waals surface area contributed by atoms with Gasteiger partial charge in [0, 0.05) is 5.69 Å². The largest absolute Gasteiger partial charge is 0.493 e. The average molecular weight is 453 g/mol. The van der Waals surface area contributed by atoms with Crippen LogP contribution in [0.2, 0.25) is 0 Å². The van der Waals surface area contributed by atoms with Crippen LogP contribution in [0.15, 0.2) is 48.2 Å². The normalized spacial score (nSPS) is 14.2. The SMILES string of the molecule is COC(=O)CN1C(=O)N/C(=C/c2ccc(OCC(=O)Nc3ccc(C)cc3)c(OC)c2)C1=O. The van der Waals surface area contributed by atoms with E-state index in [1.165, 1.54) is 20.3 Å². The van der Waals surface area contributed by atoms with Crippen LogP contribution in [0.5, 0.6) is 11.5 Å². The lowest BCUT2D eigenvalue weighted by molar-refractivity contribution is -0.143. The van der Waals surface area contributed by atoms with E-state index in [1.807, 2.05) is 19.1 Å². The lowest BCUT2D eigenvalue weighted by Gasteiger charge is -2.12. The van der Waals surface area contributed by atoms with Crippen molar-refractivity contribution in [2.45, 2.75) is 6.92 Å². The number of ether oxygens (including phenoxy) is 3. The number of anilines is 1. The zero-order chi connectivity index (χ0) is 24.0. The number of nitrogens with zero attached hydrogens (tertiary/aromatic N) is 1. The van der Waals surface area contributed by atoms with E-state index in [9.17, 15) is 19.2 Å². The molecule has 2 aromatic carbocycles. The van der Waals surface area contributed by atoms with Gasteiger partial charge < -0.3 is 24.8 Å². The zero-order valence-electron chi connectivity index (χ0n) is 18.3. The number of rotatable bonds is 8. The summed E-state index contributed by atoms with van der Waals surface area (Å²) in [5.41, 5.74) is 2.27. The number of carbonyl (C=O) groups excluding carboxylic acids is 4. The third-order valence-electron chi connectivity index (χ3n) is 4.67. The minimum absolute atomic E-state index is 0.00269. The highest BCUT2D eigenvalue weighted by atomic mass is 16.5. The van der Waals surface area contributed by atoms with Gasteiger partial charge in [-0.05, 0) is 42.8 Å². The Hall–Kier alpha value is -4.34. The number of urea groups is 1. The molecule has 10 heteroatoms. The summed E-state index contributed by atoms with van der Waals surface area (Å²) in [5, 5.41) is 5.15. The molecule has 0 atom stereocenters. The van der Waals surface area contributed by atoms with Gasteiger partial charge in [-0.2, -0.15) is 0 Å². The van der Waals surface area contributed by atoms with Crippen molar-refractivity contribution in [3.63, 3.8) is 0 Å². The molecule has 2 aromatic rings. The van der Waals surface area contributed by atoms with Crippen LogP contribution in [-0.4, -0.2) is 56.1 Å². The van der Waals surface area contributed by atoms with E-state index in [-0.39, 0.29) is 18.2 Å². The predicted octanol–water partition coefficient (Wildman–Crippen LogP) is 2.09. The number of methoxy groups -OCH3 is 2. The summed E-state index contributed by atoms with van der Waals surface area (Å²) in [6.07, 6.45) is 1.44. The van der Waals surface area contributed by atoms with E-state index in [0.29, 0.717) is 22.7 Å². The number of hydrogen-bond acceptors (Lipinski definition) is 7. The maximum atomic E-state index is 12.4. The number of nitrogens with one attached hydrogen (secondary N) is 2. The summed E-state index contributed by atoms with van der Waals surface area (Å²) in [6.45, 7) is 1.23. The molecule has 0 unspecified atom stereocenters. The minimum atomic E-state index is -0.719. The summed E-state index contributed by atoms with van der Waals surface area (Å²) in [6, 6.07) is 11.4. The standard InChI is InChI=1S/C23H23N3O7/c1-14-4-7-16(8-5-14)24-20(27)13-33-18-9-6-15(11-19(18)31-2)10-17-22(29)26(23(30)25-17)12-21(28)32-3/h4-11H,12-13H2,1-3H3,(H,24,27)(H,25,30)/b17-10+. The Morgan fingerprint density at radius 1 is 1.06 bits per heavy atom. The first-order valence-electron chi connectivity index (χ1n) is 9.89. The highest BCUT2D eigenvalue weighted by Crippen LogP contribution is 2.29. The molecular weight excluding hydrogens is 430 g/mol. The van der Waals surface area contributed by atoms with Crippen molar-refractivity contribution >= 4 is 35.6 Å². The highest BCUT2D eigenvalue weighted by molar-refractivity contribution is 6.15. The van der Waals surface area contributed by atoms with Gasteiger partial charge in [-0.25, -0.2) is 9.69 Å². The molecule has 0 radical (unpaired) electrons. The fraction of sp³-hybridized carbons (Fsp3) is 0.217. The Morgan fingerprint density at radius 3 is 2.45 bits per heavy atom. The predicted molar refractivity (Wildman–Crippen MR) is 119 cm³/mol. The van der Waals surface area contributed by atoms with Gasteiger partial charge in [-0.1, -0.05) is 23.8 Å². The van der Waals surface area contributed by atoms with Gasteiger partial charge >= 0.3 is 12.0 Å². The first-order valence-corrected chi connectivity index (χ1v) is 9.89. The second-order valence-electron chi connectivity index (χ2n) is 7.07. The van der Waals surface area contributed by atoms with Crippen molar-refractivity contribution in [3.8, 4) is 11.5 Å². The second kappa shape index (κ2) is 10.3. The van der Waals surface area contributed by atoms with Crippen LogP contribution in [0.1, 0.15) is 11.1 Å². The van der Waals surface area contributed by atoms with Crippen molar-refractivity contribution in [3.05, 3.63) is 59.3 Å². The number of amides is 4. The van der Waals surface area contributed by atoms with Crippen LogP contribution in [0.25, 0.3) is 6.08 Å². The Balaban J connectivity index is 1.66. The third kappa shape index (κ3) is 5.88. The van der Waals surface area contributed by atoms with E-state index >= 15 is 0 Å². The Kier molecular flexibility index (Phi) is 7.29. The Bertz CT molecular complexity index is 1110. The van der Waals surface area contributed by atoms with Crippen LogP contribution >= 0.6 is 0 Å². The molecule has 172 valence electrons. The highest BCUT2D eigenvalue weighted by Gasteiger charge is 2.35. The Morgan fingerprint density at radius 2 is 1.79 bits per heavy atom. The summed E-state index contributed by atoms with van der Waals surface area (Å²) < 4.78 is 15.4. The third-order valence-corrected chi connectivity index (χ3v) is 4.67. The molecule has 1 fully saturated rings. The lowest BCUT2D eigenvalue weighted by atomic mass is 10.1. The molecule has 2 N–H and O–H groups in total. The average Bonchev–Trinajstić information content (AvgIpc) is 3.06. The van der Waals surface area contributed by atoms with Crippen molar-refractivity contribution < 1.29 is 33.4 Å². The van der Waals surface area contributed by atoms with Gasteiger partial charge in [-0.15, -0.1) is 0 Å². The number of imide groups is 1.